The van der Waals surface area contributed by atoms with Gasteiger partial charge in [0.1, 0.15) is 0 Å². The van der Waals surface area contributed by atoms with Crippen molar-refractivity contribution in [3.8, 4) is 0 Å². The summed E-state index contributed by atoms with van der Waals surface area (Å²) >= 11 is 0. The minimum atomic E-state index is -9.17. The van der Waals surface area contributed by atoms with Crippen LogP contribution in [0.5, 0.6) is 0 Å². The maximum absolute atomic E-state index is 13.7. The lowest BCUT2D eigenvalue weighted by atomic mass is 9.87. The largest absolute Gasteiger partial charge is 0.460 e. The molecular weight excluding hydrogens is 617 g/mol. The van der Waals surface area contributed by atoms with E-state index in [1.807, 2.05) is 0 Å². The first-order valence-electron chi connectivity index (χ1n) is 9.09. The van der Waals surface area contributed by atoms with Crippen LogP contribution in [0.2, 0.25) is 0 Å². The summed E-state index contributed by atoms with van der Waals surface area (Å²) < 4.78 is 279. The molecule has 0 fully saturated rings. The summed E-state index contributed by atoms with van der Waals surface area (Å²) in [6.07, 6.45) is -8.00. The molecule has 1 N–H and O–H groups in total. The average molecular weight is 625 g/mol. The highest BCUT2D eigenvalue weighted by molar-refractivity contribution is 5.18. The summed E-state index contributed by atoms with van der Waals surface area (Å²) in [6, 6.07) is -2.08. The first kappa shape index (κ1) is 34.7. The highest BCUT2D eigenvalue weighted by atomic mass is 19.4. The normalized spacial score (nSPS) is 16.0. The van der Waals surface area contributed by atoms with Gasteiger partial charge in [-0.15, -0.1) is 0 Å². The Morgan fingerprint density at radius 3 is 0.974 bits per heavy atom. The highest BCUT2D eigenvalue weighted by Crippen LogP contribution is 2.66. The van der Waals surface area contributed by atoms with Crippen LogP contribution in [0.15, 0.2) is 30.3 Å². The summed E-state index contributed by atoms with van der Waals surface area (Å²) in [7, 11) is 0. The zero-order valence-corrected chi connectivity index (χ0v) is 17.5. The third kappa shape index (κ3) is 4.72. The van der Waals surface area contributed by atoms with Crippen LogP contribution in [0.25, 0.3) is 0 Å². The van der Waals surface area contributed by atoms with Gasteiger partial charge >= 0.3 is 59.6 Å². The standard InChI is InChI=1S/C17H8F21N/c18-8(19,10(22,23)12(26,27)14(30,31)16(34,35)36)9(20,21)11(24,25)13(28,29)15(32,33)17(37,38)39-6-7-4-2-1-3-5-7/h1-5,39H,6H2. The highest BCUT2D eigenvalue weighted by Gasteiger charge is 2.97. The predicted octanol–water partition coefficient (Wildman–Crippen LogP) is 8.01. The molecule has 0 aliphatic heterocycles. The molecule has 39 heavy (non-hydrogen) atoms. The van der Waals surface area contributed by atoms with E-state index >= 15 is 0 Å². The fourth-order valence-electron chi connectivity index (χ4n) is 2.48. The quantitative estimate of drug-likeness (QED) is 0.194. The monoisotopic (exact) mass is 625 g/mol. The maximum atomic E-state index is 13.7. The van der Waals surface area contributed by atoms with E-state index < -0.39 is 71.7 Å². The van der Waals surface area contributed by atoms with Crippen LogP contribution >= 0.6 is 0 Å². The molecule has 1 aromatic rings. The van der Waals surface area contributed by atoms with E-state index in [1.165, 1.54) is 0 Å². The molecule has 22 heteroatoms. The van der Waals surface area contributed by atoms with E-state index in [-0.39, 0.29) is 5.32 Å². The van der Waals surface area contributed by atoms with Gasteiger partial charge < -0.3 is 0 Å². The Morgan fingerprint density at radius 1 is 0.385 bits per heavy atom. The van der Waals surface area contributed by atoms with Crippen molar-refractivity contribution in [2.45, 2.75) is 66.1 Å². The first-order chi connectivity index (χ1) is 16.8. The van der Waals surface area contributed by atoms with Gasteiger partial charge in [0.2, 0.25) is 0 Å². The molecule has 0 bridgehead atoms. The molecule has 0 saturated heterocycles. The molecule has 0 aliphatic rings. The van der Waals surface area contributed by atoms with Crippen molar-refractivity contribution in [3.05, 3.63) is 35.9 Å². The predicted molar refractivity (Wildman–Crippen MR) is 83.9 cm³/mol. The van der Waals surface area contributed by atoms with E-state index in [2.05, 4.69) is 0 Å². The Balaban J connectivity index is 3.63. The van der Waals surface area contributed by atoms with Crippen LogP contribution in [-0.4, -0.2) is 59.6 Å². The Bertz CT molecular complexity index is 993. The molecule has 228 valence electrons. The number of hydrogen-bond acceptors (Lipinski definition) is 1. The summed E-state index contributed by atoms with van der Waals surface area (Å²) in [5.41, 5.74) is -0.521. The number of alkyl halides is 21. The second-order valence-corrected chi connectivity index (χ2v) is 7.51. The van der Waals surface area contributed by atoms with Crippen LogP contribution in [0, 0.1) is 0 Å². The molecular formula is C17H8F21N. The number of hydrogen-bond donors (Lipinski definition) is 1. The molecule has 0 spiro atoms. The Morgan fingerprint density at radius 2 is 0.667 bits per heavy atom. The molecule has 0 aliphatic carbocycles. The number of halogens is 21. The molecule has 0 radical (unpaired) electrons. The summed E-state index contributed by atoms with van der Waals surface area (Å²) in [5, 5.41) is 0.154. The molecule has 0 atom stereocenters. The van der Waals surface area contributed by atoms with Crippen molar-refractivity contribution < 1.29 is 92.2 Å². The van der Waals surface area contributed by atoms with Crippen molar-refractivity contribution in [1.29, 1.82) is 0 Å². The fraction of sp³-hybridized carbons (Fsp3) is 0.647. The molecule has 0 heterocycles. The summed E-state index contributed by atoms with van der Waals surface area (Å²) in [4.78, 5) is 0. The Kier molecular flexibility index (Phi) is 8.36. The van der Waals surface area contributed by atoms with Gasteiger partial charge in [-0.2, -0.15) is 92.2 Å². The van der Waals surface area contributed by atoms with Crippen LogP contribution < -0.4 is 5.32 Å². The van der Waals surface area contributed by atoms with Gasteiger partial charge in [-0.3, -0.25) is 0 Å². The molecule has 0 aromatic heterocycles. The lowest BCUT2D eigenvalue weighted by Crippen LogP contribution is -2.77. The van der Waals surface area contributed by atoms with Crippen molar-refractivity contribution in [2.24, 2.45) is 0 Å². The van der Waals surface area contributed by atoms with E-state index in [1.54, 1.807) is 0 Å². The van der Waals surface area contributed by atoms with Crippen molar-refractivity contribution >= 4 is 0 Å². The fourth-order valence-corrected chi connectivity index (χ4v) is 2.48. The molecule has 0 saturated carbocycles. The molecule has 1 rings (SSSR count). The number of benzene rings is 1. The van der Waals surface area contributed by atoms with Crippen LogP contribution in [-0.2, 0) is 6.54 Å². The van der Waals surface area contributed by atoms with Crippen molar-refractivity contribution in [1.82, 2.24) is 5.32 Å². The lowest BCUT2D eigenvalue weighted by molar-refractivity contribution is -0.475. The Hall–Kier alpha value is -2.29. The first-order valence-corrected chi connectivity index (χ1v) is 9.09. The zero-order chi connectivity index (χ0) is 31.5. The lowest BCUT2D eigenvalue weighted by Gasteiger charge is -2.44. The zero-order valence-electron chi connectivity index (χ0n) is 17.5. The van der Waals surface area contributed by atoms with E-state index in [4.69, 9.17) is 0 Å². The van der Waals surface area contributed by atoms with Crippen LogP contribution in [0.3, 0.4) is 0 Å². The minimum Gasteiger partial charge on any atom is -0.249 e. The van der Waals surface area contributed by atoms with Crippen molar-refractivity contribution in [3.63, 3.8) is 0 Å². The van der Waals surface area contributed by atoms with Gasteiger partial charge in [-0.05, 0) is 5.56 Å². The molecule has 0 amide bonds. The minimum absolute atomic E-state index is 0.154. The van der Waals surface area contributed by atoms with E-state index in [0.29, 0.717) is 0 Å². The topological polar surface area (TPSA) is 12.0 Å². The second kappa shape index (κ2) is 9.38. The van der Waals surface area contributed by atoms with Crippen molar-refractivity contribution in [2.75, 3.05) is 0 Å². The average Bonchev–Trinajstić information content (AvgIpc) is 2.76. The number of nitrogens with one attached hydrogen (secondary N) is 1. The maximum Gasteiger partial charge on any atom is 0.460 e. The van der Waals surface area contributed by atoms with E-state index in [0.717, 1.165) is 30.3 Å². The van der Waals surface area contributed by atoms with E-state index in [9.17, 15) is 92.2 Å². The van der Waals surface area contributed by atoms with Gasteiger partial charge in [0.15, 0.2) is 0 Å². The SMILES string of the molecule is FC(F)(F)C(F)(F)C(F)(F)C(F)(F)C(F)(F)C(F)(F)C(F)(F)C(F)(F)C(F)(F)C(F)(F)NCc1ccccc1. The van der Waals surface area contributed by atoms with Gasteiger partial charge in [-0.1, -0.05) is 30.3 Å². The summed E-state index contributed by atoms with van der Waals surface area (Å²) in [5.74, 6) is -70.3. The third-order valence-corrected chi connectivity index (χ3v) is 4.87. The smallest absolute Gasteiger partial charge is 0.249 e. The van der Waals surface area contributed by atoms with Crippen LogP contribution in [0.4, 0.5) is 92.2 Å². The van der Waals surface area contributed by atoms with Crippen LogP contribution in [0.1, 0.15) is 5.56 Å². The molecule has 1 aromatic carbocycles. The number of rotatable bonds is 11. The molecule has 1 nitrogen and oxygen atoms in total. The van der Waals surface area contributed by atoms with Gasteiger partial charge in [0.05, 0.1) is 0 Å². The summed E-state index contributed by atoms with van der Waals surface area (Å²) in [6.45, 7) is -1.67. The Labute approximate surface area is 200 Å². The molecule has 0 unspecified atom stereocenters. The van der Waals surface area contributed by atoms with Gasteiger partial charge in [-0.25, -0.2) is 5.32 Å². The van der Waals surface area contributed by atoms with Gasteiger partial charge in [0, 0.05) is 6.54 Å². The third-order valence-electron chi connectivity index (χ3n) is 4.87. The van der Waals surface area contributed by atoms with Gasteiger partial charge in [0.25, 0.3) is 0 Å². The second-order valence-electron chi connectivity index (χ2n) is 7.51.